The lowest BCUT2D eigenvalue weighted by atomic mass is 10.2. The Morgan fingerprint density at radius 1 is 1.20 bits per heavy atom. The minimum atomic E-state index is -1.08. The number of carboxylic acid groups (broad SMARTS) is 1. The number of piperidine rings is 1. The molecule has 3 N–H and O–H groups in total. The Labute approximate surface area is 125 Å². The van der Waals surface area contributed by atoms with E-state index >= 15 is 0 Å². The first kappa shape index (κ1) is 14.8. The predicted octanol–water partition coefficient (Wildman–Crippen LogP) is 2.67. The molecule has 1 fully saturated rings. The van der Waals surface area contributed by atoms with E-state index in [1.54, 1.807) is 12.1 Å². The number of aromatic carboxylic acids is 1. The number of nitrogens with zero attached hydrogens (tertiary/aromatic N) is 1. The summed E-state index contributed by atoms with van der Waals surface area (Å²) in [4.78, 5) is 23.1. The molecule has 0 unspecified atom stereocenters. The van der Waals surface area contributed by atoms with Gasteiger partial charge in [0.25, 0.3) is 0 Å². The van der Waals surface area contributed by atoms with E-state index in [4.69, 9.17) is 5.11 Å². The van der Waals surface area contributed by atoms with E-state index in [-0.39, 0.29) is 11.3 Å². The number of hydrogen-bond donors (Lipinski definition) is 3. The summed E-state index contributed by atoms with van der Waals surface area (Å²) in [6.07, 6.45) is 3.28. The summed E-state index contributed by atoms with van der Waals surface area (Å²) in [6.45, 7) is 1.63. The summed E-state index contributed by atoms with van der Waals surface area (Å²) in [5, 5.41) is 13.6. The third-order valence-corrected chi connectivity index (χ3v) is 3.76. The van der Waals surface area contributed by atoms with E-state index in [0.717, 1.165) is 25.9 Å². The SMILES string of the molecule is O=C(Nc1c(Br)cccc1C(=O)O)NN1CCCCC1. The maximum atomic E-state index is 11.9. The molecule has 20 heavy (non-hydrogen) atoms. The minimum absolute atomic E-state index is 0.0492. The zero-order valence-corrected chi connectivity index (χ0v) is 12.4. The van der Waals surface area contributed by atoms with Crippen LogP contribution in [0.3, 0.4) is 0 Å². The van der Waals surface area contributed by atoms with Crippen molar-refractivity contribution < 1.29 is 14.7 Å². The number of para-hydroxylation sites is 1. The molecule has 1 aliphatic rings. The molecule has 1 aliphatic heterocycles. The molecule has 0 saturated carbocycles. The van der Waals surface area contributed by atoms with E-state index < -0.39 is 12.0 Å². The molecular weight excluding hydrogens is 326 g/mol. The lowest BCUT2D eigenvalue weighted by Gasteiger charge is -2.27. The molecule has 6 nitrogen and oxygen atoms in total. The van der Waals surface area contributed by atoms with Gasteiger partial charge in [0.2, 0.25) is 0 Å². The lowest BCUT2D eigenvalue weighted by molar-refractivity contribution is 0.0698. The molecule has 1 saturated heterocycles. The molecule has 0 aromatic heterocycles. The second kappa shape index (κ2) is 6.71. The van der Waals surface area contributed by atoms with Gasteiger partial charge in [0.15, 0.2) is 0 Å². The average Bonchev–Trinajstić information content (AvgIpc) is 2.42. The number of rotatable bonds is 3. The highest BCUT2D eigenvalue weighted by atomic mass is 79.9. The zero-order chi connectivity index (χ0) is 14.5. The van der Waals surface area contributed by atoms with Crippen molar-refractivity contribution in [3.05, 3.63) is 28.2 Å². The van der Waals surface area contributed by atoms with Crippen molar-refractivity contribution in [3.8, 4) is 0 Å². The predicted molar refractivity (Wildman–Crippen MR) is 78.7 cm³/mol. The number of hydrazine groups is 1. The molecule has 0 bridgehead atoms. The molecule has 0 radical (unpaired) electrons. The number of urea groups is 1. The van der Waals surface area contributed by atoms with Gasteiger partial charge < -0.3 is 10.4 Å². The van der Waals surface area contributed by atoms with Gasteiger partial charge in [0, 0.05) is 17.6 Å². The third kappa shape index (κ3) is 3.71. The number of carbonyl (C=O) groups excluding carboxylic acids is 1. The van der Waals surface area contributed by atoms with Crippen molar-refractivity contribution in [2.45, 2.75) is 19.3 Å². The summed E-state index contributed by atoms with van der Waals surface area (Å²) < 4.78 is 0.534. The fraction of sp³-hybridized carbons (Fsp3) is 0.385. The number of benzene rings is 1. The van der Waals surface area contributed by atoms with Crippen LogP contribution < -0.4 is 10.7 Å². The Hall–Kier alpha value is -1.60. The summed E-state index contributed by atoms with van der Waals surface area (Å²) in [5.74, 6) is -1.08. The quantitative estimate of drug-likeness (QED) is 0.789. The van der Waals surface area contributed by atoms with Gasteiger partial charge in [0.1, 0.15) is 0 Å². The van der Waals surface area contributed by atoms with Gasteiger partial charge >= 0.3 is 12.0 Å². The number of carboxylic acids is 1. The molecule has 1 heterocycles. The van der Waals surface area contributed by atoms with Gasteiger partial charge in [-0.05, 0) is 40.9 Å². The number of amides is 2. The normalized spacial score (nSPS) is 15.7. The van der Waals surface area contributed by atoms with Crippen LogP contribution in [0.4, 0.5) is 10.5 Å². The van der Waals surface area contributed by atoms with Crippen molar-refractivity contribution in [1.29, 1.82) is 0 Å². The first-order chi connectivity index (χ1) is 9.58. The molecule has 2 amide bonds. The largest absolute Gasteiger partial charge is 0.478 e. The summed E-state index contributed by atoms with van der Waals surface area (Å²) in [5.41, 5.74) is 3.04. The van der Waals surface area contributed by atoms with Gasteiger partial charge in [-0.15, -0.1) is 0 Å². The number of anilines is 1. The topological polar surface area (TPSA) is 81.7 Å². The molecule has 108 valence electrons. The molecule has 2 rings (SSSR count). The summed E-state index contributed by atoms with van der Waals surface area (Å²) in [6, 6.07) is 4.31. The van der Waals surface area contributed by atoms with Crippen LogP contribution in [0.2, 0.25) is 0 Å². The van der Waals surface area contributed by atoms with E-state index in [9.17, 15) is 9.59 Å². The maximum absolute atomic E-state index is 11.9. The second-order valence-electron chi connectivity index (χ2n) is 4.58. The Balaban J connectivity index is 2.05. The fourth-order valence-electron chi connectivity index (χ4n) is 2.12. The van der Waals surface area contributed by atoms with Crippen molar-refractivity contribution in [1.82, 2.24) is 10.4 Å². The fourth-order valence-corrected chi connectivity index (χ4v) is 2.59. The van der Waals surface area contributed by atoms with Gasteiger partial charge in [-0.2, -0.15) is 0 Å². The van der Waals surface area contributed by atoms with E-state index in [2.05, 4.69) is 26.7 Å². The van der Waals surface area contributed by atoms with Gasteiger partial charge in [0.05, 0.1) is 11.3 Å². The smallest absolute Gasteiger partial charge is 0.337 e. The Bertz CT molecular complexity index is 516. The van der Waals surface area contributed by atoms with Crippen LogP contribution in [0.1, 0.15) is 29.6 Å². The van der Waals surface area contributed by atoms with Crippen LogP contribution in [0.15, 0.2) is 22.7 Å². The first-order valence-electron chi connectivity index (χ1n) is 6.42. The highest BCUT2D eigenvalue weighted by Gasteiger charge is 2.17. The average molecular weight is 342 g/mol. The maximum Gasteiger partial charge on any atom is 0.337 e. The Kier molecular flexibility index (Phi) is 4.97. The minimum Gasteiger partial charge on any atom is -0.478 e. The number of carbonyl (C=O) groups is 2. The first-order valence-corrected chi connectivity index (χ1v) is 7.21. The Morgan fingerprint density at radius 2 is 1.90 bits per heavy atom. The van der Waals surface area contributed by atoms with E-state index in [1.165, 1.54) is 12.5 Å². The van der Waals surface area contributed by atoms with Crippen LogP contribution in [0.5, 0.6) is 0 Å². The molecule has 1 aromatic rings. The lowest BCUT2D eigenvalue weighted by Crippen LogP contribution is -2.47. The standard InChI is InChI=1S/C13H16BrN3O3/c14-10-6-4-5-9(12(18)19)11(10)15-13(20)16-17-7-2-1-3-8-17/h4-6H,1-3,7-8H2,(H,18,19)(H2,15,16,20). The molecular formula is C13H16BrN3O3. The molecule has 0 spiro atoms. The number of hydrogen-bond acceptors (Lipinski definition) is 3. The van der Waals surface area contributed by atoms with Crippen LogP contribution >= 0.6 is 15.9 Å². The highest BCUT2D eigenvalue weighted by Crippen LogP contribution is 2.26. The van der Waals surface area contributed by atoms with Crippen molar-refractivity contribution in [2.75, 3.05) is 18.4 Å². The second-order valence-corrected chi connectivity index (χ2v) is 5.44. The highest BCUT2D eigenvalue weighted by molar-refractivity contribution is 9.10. The van der Waals surface area contributed by atoms with Gasteiger partial charge in [-0.1, -0.05) is 12.5 Å². The molecule has 0 aliphatic carbocycles. The molecule has 7 heteroatoms. The Morgan fingerprint density at radius 3 is 2.55 bits per heavy atom. The van der Waals surface area contributed by atoms with Crippen LogP contribution in [-0.2, 0) is 0 Å². The molecule has 1 aromatic carbocycles. The van der Waals surface area contributed by atoms with Crippen molar-refractivity contribution in [3.63, 3.8) is 0 Å². The van der Waals surface area contributed by atoms with Gasteiger partial charge in [-0.25, -0.2) is 14.6 Å². The van der Waals surface area contributed by atoms with Gasteiger partial charge in [-0.3, -0.25) is 5.43 Å². The zero-order valence-electron chi connectivity index (χ0n) is 10.9. The van der Waals surface area contributed by atoms with E-state index in [0.29, 0.717) is 4.47 Å². The molecule has 0 atom stereocenters. The summed E-state index contributed by atoms with van der Waals surface area (Å²) >= 11 is 3.25. The van der Waals surface area contributed by atoms with E-state index in [1.807, 2.05) is 5.01 Å². The van der Waals surface area contributed by atoms with Crippen molar-refractivity contribution >= 4 is 33.6 Å². The third-order valence-electron chi connectivity index (χ3n) is 3.10. The monoisotopic (exact) mass is 341 g/mol. The summed E-state index contributed by atoms with van der Waals surface area (Å²) in [7, 11) is 0. The van der Waals surface area contributed by atoms with Crippen LogP contribution in [-0.4, -0.2) is 35.2 Å². The number of halogens is 1. The van der Waals surface area contributed by atoms with Crippen LogP contribution in [0.25, 0.3) is 0 Å². The van der Waals surface area contributed by atoms with Crippen LogP contribution in [0, 0.1) is 0 Å². The number of nitrogens with one attached hydrogen (secondary N) is 2. The van der Waals surface area contributed by atoms with Crippen molar-refractivity contribution in [2.24, 2.45) is 0 Å².